The van der Waals surface area contributed by atoms with E-state index in [0.717, 1.165) is 51.2 Å². The van der Waals surface area contributed by atoms with Crippen LogP contribution < -0.4 is 10.0 Å². The third-order valence-electron chi connectivity index (χ3n) is 8.20. The fraction of sp³-hybridized carbons (Fsp3) is 0.565. The maximum Gasteiger partial charge on any atom is 0.286 e. The summed E-state index contributed by atoms with van der Waals surface area (Å²) in [6.07, 6.45) is 7.92. The molecule has 0 aromatic heterocycles. The largest absolute Gasteiger partial charge is 0.511 e. The van der Waals surface area contributed by atoms with E-state index in [-0.39, 0.29) is 63.3 Å². The Morgan fingerprint density at radius 3 is 2.57 bits per heavy atom. The summed E-state index contributed by atoms with van der Waals surface area (Å²) in [6.45, 7) is 0. The van der Waals surface area contributed by atoms with Crippen molar-refractivity contribution in [2.75, 3.05) is 16.3 Å². The van der Waals surface area contributed by atoms with Gasteiger partial charge in [0.2, 0.25) is 10.0 Å². The number of fused-ring (bicyclic) bond motifs is 6. The number of benzene rings is 1. The summed E-state index contributed by atoms with van der Waals surface area (Å²) in [4.78, 5) is 15.6. The second-order valence-electron chi connectivity index (χ2n) is 10.4. The Balaban J connectivity index is 1.43. The van der Waals surface area contributed by atoms with Crippen LogP contribution in [0.25, 0.3) is 0 Å². The van der Waals surface area contributed by atoms with Crippen LogP contribution in [0.5, 0.6) is 0 Å². The van der Waals surface area contributed by atoms with E-state index in [2.05, 4.69) is 14.4 Å². The van der Waals surface area contributed by atoms with Crippen molar-refractivity contribution < 1.29 is 26.7 Å². The molecule has 3 fully saturated rings. The first-order valence-electron chi connectivity index (χ1n) is 12.0. The van der Waals surface area contributed by atoms with E-state index in [1.54, 1.807) is 0 Å². The van der Waals surface area contributed by atoms with Gasteiger partial charge in [-0.25, -0.2) is 8.42 Å². The molecule has 2 heterocycles. The molecule has 1 aromatic rings. The van der Waals surface area contributed by atoms with E-state index in [4.69, 9.17) is 0 Å². The molecular weight excluding hydrogens is 492 g/mol. The molecule has 12 heteroatoms. The van der Waals surface area contributed by atoms with E-state index < -0.39 is 20.0 Å². The highest BCUT2D eigenvalue weighted by Crippen LogP contribution is 2.56. The number of aliphatic hydroxyl groups excluding tert-OH is 1. The highest BCUT2D eigenvalue weighted by molar-refractivity contribution is 7.92. The second kappa shape index (κ2) is 7.70. The Morgan fingerprint density at radius 2 is 1.86 bits per heavy atom. The highest BCUT2D eigenvalue weighted by Gasteiger charge is 2.58. The number of aliphatic hydroxyl groups is 1. The normalized spacial score (nSPS) is 31.7. The van der Waals surface area contributed by atoms with Gasteiger partial charge in [-0.3, -0.25) is 9.52 Å². The van der Waals surface area contributed by atoms with E-state index >= 15 is 0 Å². The number of sulfonamides is 2. The Bertz CT molecular complexity index is 1390. The van der Waals surface area contributed by atoms with Gasteiger partial charge >= 0.3 is 0 Å². The van der Waals surface area contributed by atoms with Crippen LogP contribution in [0.4, 0.5) is 11.4 Å². The van der Waals surface area contributed by atoms with Crippen molar-refractivity contribution in [3.05, 3.63) is 29.5 Å². The minimum absolute atomic E-state index is 0.0363. The van der Waals surface area contributed by atoms with Crippen molar-refractivity contribution in [3.63, 3.8) is 0 Å². The van der Waals surface area contributed by atoms with Crippen molar-refractivity contribution >= 4 is 43.2 Å². The number of carbonyl (C=O) groups is 1. The molecule has 3 N–H and O–H groups in total. The molecule has 1 aromatic carbocycles. The number of hydrogen-bond acceptors (Lipinski definition) is 7. The van der Waals surface area contributed by atoms with Crippen molar-refractivity contribution in [2.24, 2.45) is 22.2 Å². The zero-order chi connectivity index (χ0) is 24.7. The average molecular weight is 521 g/mol. The van der Waals surface area contributed by atoms with Gasteiger partial charge in [0, 0.05) is 23.7 Å². The van der Waals surface area contributed by atoms with Gasteiger partial charge in [-0.1, -0.05) is 12.8 Å². The van der Waals surface area contributed by atoms with Crippen molar-refractivity contribution in [1.29, 1.82) is 0 Å². The van der Waals surface area contributed by atoms with Crippen LogP contribution in [-0.2, 0) is 24.8 Å². The van der Waals surface area contributed by atoms with Gasteiger partial charge in [0.15, 0.2) is 5.84 Å². The number of amides is 1. The molecule has 188 valence electrons. The fourth-order valence-electron chi connectivity index (χ4n) is 6.95. The zero-order valence-electron chi connectivity index (χ0n) is 19.3. The zero-order valence-corrected chi connectivity index (χ0v) is 20.9. The average Bonchev–Trinajstić information content (AvgIpc) is 3.51. The molecule has 1 amide bonds. The maximum absolute atomic E-state index is 13.9. The summed E-state index contributed by atoms with van der Waals surface area (Å²) in [7, 11) is -7.86. The number of nitrogens with one attached hydrogen (secondary N) is 2. The molecule has 35 heavy (non-hydrogen) atoms. The van der Waals surface area contributed by atoms with Crippen molar-refractivity contribution in [3.8, 4) is 0 Å². The van der Waals surface area contributed by atoms with Crippen molar-refractivity contribution in [2.45, 2.75) is 61.9 Å². The molecule has 0 spiro atoms. The van der Waals surface area contributed by atoms with Gasteiger partial charge < -0.3 is 15.3 Å². The first-order valence-corrected chi connectivity index (χ1v) is 15.4. The quantitative estimate of drug-likeness (QED) is 0.553. The molecule has 0 radical (unpaired) electrons. The molecule has 3 aliphatic carbocycles. The number of hydrogen-bond donors (Lipinski definition) is 3. The molecule has 4 atom stereocenters. The molecule has 2 bridgehead atoms. The van der Waals surface area contributed by atoms with Gasteiger partial charge in [0.25, 0.3) is 15.9 Å². The van der Waals surface area contributed by atoms with Gasteiger partial charge in [-0.05, 0) is 62.1 Å². The molecule has 6 rings (SSSR count). The van der Waals surface area contributed by atoms with Crippen molar-refractivity contribution in [1.82, 2.24) is 4.90 Å². The third-order valence-corrected chi connectivity index (χ3v) is 10.1. The van der Waals surface area contributed by atoms with Gasteiger partial charge in [-0.15, -0.1) is 4.40 Å². The number of nitrogens with zero attached hydrogens (tertiary/aromatic N) is 2. The lowest BCUT2D eigenvalue weighted by Crippen LogP contribution is -2.57. The predicted molar refractivity (Wildman–Crippen MR) is 130 cm³/mol. The molecule has 5 aliphatic rings. The Hall–Kier alpha value is -2.60. The highest BCUT2D eigenvalue weighted by atomic mass is 32.2. The van der Waals surface area contributed by atoms with Crippen LogP contribution in [0.1, 0.15) is 44.9 Å². The Kier molecular flexibility index (Phi) is 5.02. The van der Waals surface area contributed by atoms with Crippen LogP contribution in [0.15, 0.2) is 38.8 Å². The SMILES string of the molecule is CS(=O)(=O)Nc1ccc2c(c1)S(=O)(=O)N=C(C1=C(O)C3C([C@@H]4CC[C@H]3C4)N(C3CCCC3)C1=O)N2. The first-order chi connectivity index (χ1) is 16.5. The van der Waals surface area contributed by atoms with Crippen LogP contribution in [0.2, 0.25) is 0 Å². The van der Waals surface area contributed by atoms with Gasteiger partial charge in [0.1, 0.15) is 16.2 Å². The lowest BCUT2D eigenvalue weighted by molar-refractivity contribution is -0.136. The molecular formula is C23H28N4O6S2. The lowest BCUT2D eigenvalue weighted by atomic mass is 9.77. The number of amidine groups is 1. The van der Waals surface area contributed by atoms with Gasteiger partial charge in [0.05, 0.1) is 11.9 Å². The van der Waals surface area contributed by atoms with Crippen LogP contribution in [0, 0.1) is 17.8 Å². The monoisotopic (exact) mass is 520 g/mol. The first kappa shape index (κ1) is 22.8. The third kappa shape index (κ3) is 3.64. The maximum atomic E-state index is 13.9. The lowest BCUT2D eigenvalue weighted by Gasteiger charge is -2.46. The Labute approximate surface area is 204 Å². The van der Waals surface area contributed by atoms with E-state index in [0.29, 0.717) is 5.92 Å². The standard InChI is InChI=1S/C23H28N4O6S2/c1-34(30,31)25-14-8-9-16-17(11-14)35(32,33)26-22(24-16)19-21(28)18-12-6-7-13(10-12)20(18)27(23(19)29)15-4-2-3-5-15/h8-9,11-13,15,18,20,25,28H,2-7,10H2,1H3,(H,24,26)/t12-,13+,18?,20?/m0/s1. The predicted octanol–water partition coefficient (Wildman–Crippen LogP) is 2.58. The van der Waals surface area contributed by atoms with Crippen LogP contribution in [-0.4, -0.2) is 56.9 Å². The summed E-state index contributed by atoms with van der Waals surface area (Å²) in [6, 6.07) is 4.10. The second-order valence-corrected chi connectivity index (χ2v) is 13.7. The van der Waals surface area contributed by atoms with Crippen LogP contribution in [0.3, 0.4) is 0 Å². The van der Waals surface area contributed by atoms with Gasteiger partial charge in [-0.2, -0.15) is 8.42 Å². The minimum atomic E-state index is -4.26. The summed E-state index contributed by atoms with van der Waals surface area (Å²) in [5, 5.41) is 14.3. The van der Waals surface area contributed by atoms with E-state index in [9.17, 15) is 26.7 Å². The molecule has 0 saturated heterocycles. The van der Waals surface area contributed by atoms with Crippen LogP contribution >= 0.6 is 0 Å². The van der Waals surface area contributed by atoms with E-state index in [1.165, 1.54) is 18.2 Å². The molecule has 10 nitrogen and oxygen atoms in total. The van der Waals surface area contributed by atoms with E-state index in [1.807, 2.05) is 4.90 Å². The smallest absolute Gasteiger partial charge is 0.286 e. The Morgan fingerprint density at radius 1 is 1.14 bits per heavy atom. The molecule has 2 unspecified atom stereocenters. The summed E-state index contributed by atoms with van der Waals surface area (Å²) < 4.78 is 55.5. The minimum Gasteiger partial charge on any atom is -0.511 e. The number of carbonyl (C=O) groups excluding carboxylic acids is 1. The topological polar surface area (TPSA) is 145 Å². The number of rotatable bonds is 4. The summed E-state index contributed by atoms with van der Waals surface area (Å²) >= 11 is 0. The molecule has 2 aliphatic heterocycles. The summed E-state index contributed by atoms with van der Waals surface area (Å²) in [5.74, 6) is -0.144. The molecule has 3 saturated carbocycles. The summed E-state index contributed by atoms with van der Waals surface area (Å²) in [5.41, 5.74) is 0.200. The fourth-order valence-corrected chi connectivity index (χ4v) is 8.65. The number of anilines is 2.